The van der Waals surface area contributed by atoms with E-state index in [0.717, 1.165) is 7.11 Å². The summed E-state index contributed by atoms with van der Waals surface area (Å²) in [7, 11) is 1.13. The smallest absolute Gasteiger partial charge is 0.326 e. The molecule has 8 nitrogen and oxygen atoms in total. The van der Waals surface area contributed by atoms with Crippen molar-refractivity contribution in [1.82, 2.24) is 10.3 Å². The van der Waals surface area contributed by atoms with E-state index in [1.165, 1.54) is 0 Å². The first-order valence-corrected chi connectivity index (χ1v) is 5.39. The van der Waals surface area contributed by atoms with Crippen LogP contribution in [0.1, 0.15) is 28.6 Å². The molecule has 0 aliphatic rings. The fourth-order valence-corrected chi connectivity index (χ4v) is 1.42. The van der Waals surface area contributed by atoms with E-state index in [9.17, 15) is 14.4 Å². The topological polar surface area (TPSA) is 119 Å². The van der Waals surface area contributed by atoms with Gasteiger partial charge in [-0.3, -0.25) is 9.59 Å². The Kier molecular flexibility index (Phi) is 4.62. The number of aryl methyl sites for hydroxylation is 2. The standard InChI is InChI=1S/C11H14N2O6/c1-5-9(19-6(2)12-5)10(15)13-7(11(16)17)4-8(14)18-3/h7H,4H2,1-3H3,(H,13,15)(H,16,17)/t7-/m0/s1. The Bertz CT molecular complexity index is 507. The van der Waals surface area contributed by atoms with Crippen LogP contribution in [0.2, 0.25) is 0 Å². The van der Waals surface area contributed by atoms with E-state index in [2.05, 4.69) is 15.0 Å². The molecule has 0 aromatic carbocycles. The summed E-state index contributed by atoms with van der Waals surface area (Å²) >= 11 is 0. The van der Waals surface area contributed by atoms with Crippen molar-refractivity contribution >= 4 is 17.8 Å². The number of rotatable bonds is 5. The van der Waals surface area contributed by atoms with Crippen LogP contribution in [0.15, 0.2) is 4.42 Å². The number of ether oxygens (including phenoxy) is 1. The molecule has 19 heavy (non-hydrogen) atoms. The van der Waals surface area contributed by atoms with Crippen LogP contribution in [0.4, 0.5) is 0 Å². The number of hydrogen-bond donors (Lipinski definition) is 2. The first-order chi connectivity index (χ1) is 8.85. The molecule has 0 saturated heterocycles. The van der Waals surface area contributed by atoms with Crippen molar-refractivity contribution in [3.63, 3.8) is 0 Å². The van der Waals surface area contributed by atoms with Gasteiger partial charge in [-0.1, -0.05) is 0 Å². The van der Waals surface area contributed by atoms with E-state index in [1.54, 1.807) is 13.8 Å². The van der Waals surface area contributed by atoms with Crippen molar-refractivity contribution < 1.29 is 28.6 Å². The molecule has 0 saturated carbocycles. The number of carboxylic acids is 1. The summed E-state index contributed by atoms with van der Waals surface area (Å²) in [6.45, 7) is 3.12. The summed E-state index contributed by atoms with van der Waals surface area (Å²) in [5, 5.41) is 11.1. The number of esters is 1. The second-order valence-corrected chi connectivity index (χ2v) is 3.79. The van der Waals surface area contributed by atoms with Crippen molar-refractivity contribution in [2.75, 3.05) is 7.11 Å². The summed E-state index contributed by atoms with van der Waals surface area (Å²) in [4.78, 5) is 37.7. The first-order valence-electron chi connectivity index (χ1n) is 5.39. The molecule has 1 aromatic rings. The fourth-order valence-electron chi connectivity index (χ4n) is 1.42. The van der Waals surface area contributed by atoms with E-state index < -0.39 is 30.3 Å². The summed E-state index contributed by atoms with van der Waals surface area (Å²) in [6, 6.07) is -1.38. The molecule has 1 heterocycles. The minimum Gasteiger partial charge on any atom is -0.480 e. The van der Waals surface area contributed by atoms with Gasteiger partial charge in [0.05, 0.1) is 19.2 Å². The number of carbonyl (C=O) groups excluding carboxylic acids is 2. The summed E-state index contributed by atoms with van der Waals surface area (Å²) < 4.78 is 9.41. The summed E-state index contributed by atoms with van der Waals surface area (Å²) in [5.41, 5.74) is 0.345. The number of aromatic nitrogens is 1. The number of amides is 1. The fraction of sp³-hybridized carbons (Fsp3) is 0.455. The van der Waals surface area contributed by atoms with E-state index in [1.807, 2.05) is 0 Å². The van der Waals surface area contributed by atoms with Crippen molar-refractivity contribution in [2.45, 2.75) is 26.3 Å². The van der Waals surface area contributed by atoms with Gasteiger partial charge in [-0.05, 0) is 6.92 Å². The molecule has 1 rings (SSSR count). The van der Waals surface area contributed by atoms with Gasteiger partial charge < -0.3 is 19.6 Å². The van der Waals surface area contributed by atoms with E-state index in [-0.39, 0.29) is 5.76 Å². The van der Waals surface area contributed by atoms with Gasteiger partial charge in [-0.15, -0.1) is 0 Å². The molecule has 104 valence electrons. The van der Waals surface area contributed by atoms with Gasteiger partial charge in [0.15, 0.2) is 5.89 Å². The molecule has 8 heteroatoms. The van der Waals surface area contributed by atoms with E-state index in [4.69, 9.17) is 9.52 Å². The SMILES string of the molecule is COC(=O)C[C@H](NC(=O)c1oc(C)nc1C)C(=O)O. The van der Waals surface area contributed by atoms with Crippen molar-refractivity contribution in [3.8, 4) is 0 Å². The van der Waals surface area contributed by atoms with Crippen LogP contribution in [0, 0.1) is 13.8 Å². The highest BCUT2D eigenvalue weighted by atomic mass is 16.5. The Morgan fingerprint density at radius 3 is 2.47 bits per heavy atom. The van der Waals surface area contributed by atoms with Crippen molar-refractivity contribution in [3.05, 3.63) is 17.3 Å². The zero-order chi connectivity index (χ0) is 14.6. The largest absolute Gasteiger partial charge is 0.480 e. The zero-order valence-electron chi connectivity index (χ0n) is 10.7. The zero-order valence-corrected chi connectivity index (χ0v) is 10.7. The van der Waals surface area contributed by atoms with E-state index in [0.29, 0.717) is 11.6 Å². The molecule has 0 aliphatic carbocycles. The average Bonchev–Trinajstić information content (AvgIpc) is 2.67. The van der Waals surface area contributed by atoms with Crippen molar-refractivity contribution in [2.24, 2.45) is 0 Å². The summed E-state index contributed by atoms with van der Waals surface area (Å²) in [6.07, 6.45) is -0.469. The third-order valence-electron chi connectivity index (χ3n) is 2.31. The van der Waals surface area contributed by atoms with Gasteiger partial charge >= 0.3 is 11.9 Å². The molecule has 1 amide bonds. The van der Waals surface area contributed by atoms with Crippen LogP contribution >= 0.6 is 0 Å². The Morgan fingerprint density at radius 1 is 1.42 bits per heavy atom. The number of hydrogen-bond acceptors (Lipinski definition) is 6. The minimum absolute atomic E-state index is 0.0754. The van der Waals surface area contributed by atoms with Gasteiger partial charge in [0.2, 0.25) is 5.76 Å². The summed E-state index contributed by atoms with van der Waals surface area (Å²) in [5.74, 6) is -2.60. The molecule has 1 aromatic heterocycles. The molecular weight excluding hydrogens is 256 g/mol. The molecule has 0 aliphatic heterocycles. The molecule has 0 fully saturated rings. The highest BCUT2D eigenvalue weighted by Gasteiger charge is 2.26. The van der Waals surface area contributed by atoms with Gasteiger partial charge in [0.25, 0.3) is 5.91 Å². The molecular formula is C11H14N2O6. The number of oxazole rings is 1. The number of nitrogens with one attached hydrogen (secondary N) is 1. The second-order valence-electron chi connectivity index (χ2n) is 3.79. The Hall–Kier alpha value is -2.38. The number of aliphatic carboxylic acids is 1. The van der Waals surface area contributed by atoms with Crippen LogP contribution in [0.5, 0.6) is 0 Å². The normalized spacial score (nSPS) is 11.7. The number of methoxy groups -OCH3 is 1. The molecule has 1 atom stereocenters. The van der Waals surface area contributed by atoms with Gasteiger partial charge in [-0.2, -0.15) is 0 Å². The van der Waals surface area contributed by atoms with E-state index >= 15 is 0 Å². The maximum absolute atomic E-state index is 11.8. The molecule has 2 N–H and O–H groups in total. The van der Waals surface area contributed by atoms with Gasteiger partial charge in [0.1, 0.15) is 6.04 Å². The lowest BCUT2D eigenvalue weighted by Gasteiger charge is -2.12. The number of carboxylic acid groups (broad SMARTS) is 1. The van der Waals surface area contributed by atoms with Crippen LogP contribution in [0.25, 0.3) is 0 Å². The lowest BCUT2D eigenvalue weighted by atomic mass is 10.2. The predicted octanol–water partition coefficient (Wildman–Crippen LogP) is 0.0375. The maximum atomic E-state index is 11.8. The minimum atomic E-state index is -1.38. The monoisotopic (exact) mass is 270 g/mol. The Morgan fingerprint density at radius 2 is 2.05 bits per heavy atom. The third-order valence-corrected chi connectivity index (χ3v) is 2.31. The van der Waals surface area contributed by atoms with Gasteiger partial charge in [0, 0.05) is 6.92 Å². The first kappa shape index (κ1) is 14.7. The highest BCUT2D eigenvalue weighted by molar-refractivity contribution is 5.96. The Labute approximate surface area is 108 Å². The van der Waals surface area contributed by atoms with Crippen LogP contribution in [0.3, 0.4) is 0 Å². The molecule has 0 radical (unpaired) electrons. The lowest BCUT2D eigenvalue weighted by molar-refractivity contribution is -0.147. The average molecular weight is 270 g/mol. The Balaban J connectivity index is 2.79. The number of nitrogens with zero attached hydrogens (tertiary/aromatic N) is 1. The number of carbonyl (C=O) groups is 3. The van der Waals surface area contributed by atoms with Crippen LogP contribution in [-0.2, 0) is 14.3 Å². The highest BCUT2D eigenvalue weighted by Crippen LogP contribution is 2.09. The molecule has 0 unspecified atom stereocenters. The van der Waals surface area contributed by atoms with Crippen molar-refractivity contribution in [1.29, 1.82) is 0 Å². The van der Waals surface area contributed by atoms with Crippen LogP contribution < -0.4 is 5.32 Å². The quantitative estimate of drug-likeness (QED) is 0.725. The second kappa shape index (κ2) is 5.98. The van der Waals surface area contributed by atoms with Gasteiger partial charge in [-0.25, -0.2) is 9.78 Å². The van der Waals surface area contributed by atoms with Crippen LogP contribution in [-0.4, -0.2) is 41.1 Å². The predicted molar refractivity (Wildman–Crippen MR) is 61.5 cm³/mol. The maximum Gasteiger partial charge on any atom is 0.326 e. The lowest BCUT2D eigenvalue weighted by Crippen LogP contribution is -2.42. The molecule has 0 spiro atoms. The third kappa shape index (κ3) is 3.80. The molecule has 0 bridgehead atoms.